The van der Waals surface area contributed by atoms with Gasteiger partial charge in [0.2, 0.25) is 10.0 Å². The van der Waals surface area contributed by atoms with Crippen LogP contribution in [0, 0.1) is 5.92 Å². The van der Waals surface area contributed by atoms with Crippen molar-refractivity contribution in [2.24, 2.45) is 5.92 Å². The molecule has 26 heavy (non-hydrogen) atoms. The zero-order chi connectivity index (χ0) is 18.7. The molecule has 0 amide bonds. The van der Waals surface area contributed by atoms with Gasteiger partial charge in [-0.1, -0.05) is 0 Å². The maximum atomic E-state index is 11.8. The lowest BCUT2D eigenvalue weighted by atomic mass is 9.86. The van der Waals surface area contributed by atoms with Gasteiger partial charge in [-0.3, -0.25) is 4.57 Å². The second-order valence-corrected chi connectivity index (χ2v) is 8.96. The number of hydrogen-bond donors (Lipinski definition) is 2. The van der Waals surface area contributed by atoms with Gasteiger partial charge in [0.25, 0.3) is 0 Å². The van der Waals surface area contributed by atoms with Gasteiger partial charge >= 0.3 is 5.76 Å². The number of aryl methyl sites for hydroxylation is 1. The highest BCUT2D eigenvalue weighted by Crippen LogP contribution is 2.26. The molecule has 0 radical (unpaired) electrons. The molecular formula is C18H27N3O4S. The minimum Gasteiger partial charge on any atom is -0.408 e. The van der Waals surface area contributed by atoms with E-state index in [9.17, 15) is 13.2 Å². The van der Waals surface area contributed by atoms with Crippen molar-refractivity contribution in [3.8, 4) is 0 Å². The molecule has 1 aliphatic carbocycles. The van der Waals surface area contributed by atoms with Crippen molar-refractivity contribution in [1.29, 1.82) is 0 Å². The third-order valence-corrected chi connectivity index (χ3v) is 6.60. The number of fused-ring (bicyclic) bond motifs is 1. The number of nitrogens with one attached hydrogen (secondary N) is 2. The lowest BCUT2D eigenvalue weighted by Gasteiger charge is -2.29. The minimum atomic E-state index is -3.12. The summed E-state index contributed by atoms with van der Waals surface area (Å²) in [4.78, 5) is 11.8. The molecule has 144 valence electrons. The molecule has 0 unspecified atom stereocenters. The van der Waals surface area contributed by atoms with E-state index in [1.54, 1.807) is 11.5 Å². The number of rotatable bonds is 7. The van der Waals surface area contributed by atoms with Gasteiger partial charge in [-0.25, -0.2) is 17.9 Å². The van der Waals surface area contributed by atoms with E-state index in [2.05, 4.69) is 10.0 Å². The fraction of sp³-hybridized carbons (Fsp3) is 0.611. The van der Waals surface area contributed by atoms with Gasteiger partial charge < -0.3 is 9.73 Å². The molecule has 0 saturated heterocycles. The van der Waals surface area contributed by atoms with Crippen LogP contribution in [0.3, 0.4) is 0 Å². The van der Waals surface area contributed by atoms with E-state index < -0.39 is 10.0 Å². The lowest BCUT2D eigenvalue weighted by Crippen LogP contribution is -2.39. The van der Waals surface area contributed by atoms with E-state index in [1.165, 1.54) is 0 Å². The van der Waals surface area contributed by atoms with Crippen LogP contribution in [0.5, 0.6) is 0 Å². The molecule has 0 aliphatic heterocycles. The van der Waals surface area contributed by atoms with E-state index in [4.69, 9.17) is 4.42 Å². The van der Waals surface area contributed by atoms with Crippen LogP contribution in [-0.4, -0.2) is 31.3 Å². The van der Waals surface area contributed by atoms with Crippen LogP contribution in [0.4, 0.5) is 5.69 Å². The molecule has 1 aliphatic rings. The molecule has 1 saturated carbocycles. The zero-order valence-electron chi connectivity index (χ0n) is 15.3. The molecule has 1 heterocycles. The molecule has 1 fully saturated rings. The van der Waals surface area contributed by atoms with Gasteiger partial charge in [-0.2, -0.15) is 0 Å². The summed E-state index contributed by atoms with van der Waals surface area (Å²) >= 11 is 0. The Balaban J connectivity index is 1.54. The summed E-state index contributed by atoms with van der Waals surface area (Å²) in [6, 6.07) is 5.80. The third-order valence-electron chi connectivity index (χ3n) is 5.15. The topological polar surface area (TPSA) is 93.3 Å². The number of hydrogen-bond acceptors (Lipinski definition) is 5. The van der Waals surface area contributed by atoms with Crippen molar-refractivity contribution in [3.63, 3.8) is 0 Å². The number of anilines is 1. The van der Waals surface area contributed by atoms with Gasteiger partial charge in [0.15, 0.2) is 5.58 Å². The maximum absolute atomic E-state index is 11.8. The second kappa shape index (κ2) is 7.84. The summed E-state index contributed by atoms with van der Waals surface area (Å²) in [5.41, 5.74) is 2.34. The van der Waals surface area contributed by atoms with Crippen LogP contribution in [0.2, 0.25) is 0 Å². The molecule has 0 spiro atoms. The highest BCUT2D eigenvalue weighted by atomic mass is 32.2. The first kappa shape index (κ1) is 19.0. The smallest absolute Gasteiger partial charge is 0.408 e. The Hall–Kier alpha value is -1.80. The molecule has 8 heteroatoms. The summed E-state index contributed by atoms with van der Waals surface area (Å²) in [6.45, 7) is 4.99. The molecule has 0 bridgehead atoms. The van der Waals surface area contributed by atoms with E-state index in [1.807, 2.05) is 25.1 Å². The van der Waals surface area contributed by atoms with Crippen LogP contribution in [-0.2, 0) is 16.6 Å². The minimum absolute atomic E-state index is 0.0654. The van der Waals surface area contributed by atoms with Gasteiger partial charge in [-0.05, 0) is 57.6 Å². The molecular weight excluding hydrogens is 354 g/mol. The third kappa shape index (κ3) is 4.29. The summed E-state index contributed by atoms with van der Waals surface area (Å²) in [7, 11) is -3.12. The van der Waals surface area contributed by atoms with E-state index in [0.29, 0.717) is 18.0 Å². The monoisotopic (exact) mass is 381 g/mol. The quantitative estimate of drug-likeness (QED) is 0.769. The Morgan fingerprint density at radius 3 is 2.58 bits per heavy atom. The Morgan fingerprint density at radius 1 is 1.19 bits per heavy atom. The highest BCUT2D eigenvalue weighted by Gasteiger charge is 2.24. The Labute approximate surface area is 153 Å². The number of sulfonamides is 1. The first-order valence-corrected chi connectivity index (χ1v) is 10.9. The molecule has 2 aromatic rings. The predicted octanol–water partition coefficient (Wildman–Crippen LogP) is 2.52. The molecule has 2 N–H and O–H groups in total. The number of benzene rings is 1. The fourth-order valence-corrected chi connectivity index (χ4v) is 4.47. The fourth-order valence-electron chi connectivity index (χ4n) is 3.56. The first-order chi connectivity index (χ1) is 12.4. The van der Waals surface area contributed by atoms with E-state index >= 15 is 0 Å². The number of aromatic nitrogens is 1. The predicted molar refractivity (Wildman–Crippen MR) is 103 cm³/mol. The highest BCUT2D eigenvalue weighted by molar-refractivity contribution is 7.89. The number of oxazole rings is 1. The average Bonchev–Trinajstić information content (AvgIpc) is 2.95. The van der Waals surface area contributed by atoms with Gasteiger partial charge in [0, 0.05) is 30.9 Å². The summed E-state index contributed by atoms with van der Waals surface area (Å²) in [5, 5.41) is 3.42. The summed E-state index contributed by atoms with van der Waals surface area (Å²) < 4.78 is 33.0. The number of nitrogens with zero attached hydrogens (tertiary/aromatic N) is 1. The normalized spacial score (nSPS) is 21.2. The van der Waals surface area contributed by atoms with Crippen LogP contribution >= 0.6 is 0 Å². The van der Waals surface area contributed by atoms with Crippen molar-refractivity contribution < 1.29 is 12.8 Å². The van der Waals surface area contributed by atoms with E-state index in [0.717, 1.165) is 43.4 Å². The Morgan fingerprint density at radius 2 is 1.92 bits per heavy atom. The average molecular weight is 381 g/mol. The van der Waals surface area contributed by atoms with Crippen molar-refractivity contribution >= 4 is 26.8 Å². The van der Waals surface area contributed by atoms with Crippen molar-refractivity contribution in [3.05, 3.63) is 28.7 Å². The lowest BCUT2D eigenvalue weighted by molar-refractivity contribution is 0.324. The zero-order valence-corrected chi connectivity index (χ0v) is 16.1. The summed E-state index contributed by atoms with van der Waals surface area (Å²) in [6.07, 6.45) is 3.73. The van der Waals surface area contributed by atoms with Crippen LogP contribution in [0.1, 0.15) is 39.5 Å². The first-order valence-electron chi connectivity index (χ1n) is 9.29. The standard InChI is InChI=1S/C18H27N3O4S/c1-3-21-16-10-9-15(11-17(16)25-18(21)22)19-12-13-5-7-14(8-6-13)20-26(23,24)4-2/h9-11,13-14,19-20H,3-8,12H2,1-2H3. The maximum Gasteiger partial charge on any atom is 0.419 e. The Kier molecular flexibility index (Phi) is 5.72. The van der Waals surface area contributed by atoms with Crippen LogP contribution < -0.4 is 15.8 Å². The SMILES string of the molecule is CCn1c(=O)oc2cc(NCC3CCC(NS(=O)(=O)CC)CC3)ccc21. The molecule has 0 atom stereocenters. The molecule has 1 aromatic carbocycles. The summed E-state index contributed by atoms with van der Waals surface area (Å²) in [5.74, 6) is 0.320. The largest absolute Gasteiger partial charge is 0.419 e. The van der Waals surface area contributed by atoms with E-state index in [-0.39, 0.29) is 17.6 Å². The van der Waals surface area contributed by atoms with Gasteiger partial charge in [0.05, 0.1) is 11.3 Å². The molecule has 7 nitrogen and oxygen atoms in total. The van der Waals surface area contributed by atoms with Crippen molar-refractivity contribution in [1.82, 2.24) is 9.29 Å². The molecule has 1 aromatic heterocycles. The van der Waals surface area contributed by atoms with Crippen LogP contribution in [0.25, 0.3) is 11.1 Å². The van der Waals surface area contributed by atoms with Gasteiger partial charge in [-0.15, -0.1) is 0 Å². The van der Waals surface area contributed by atoms with Gasteiger partial charge in [0.1, 0.15) is 0 Å². The van der Waals surface area contributed by atoms with Crippen molar-refractivity contribution in [2.45, 2.75) is 52.1 Å². The second-order valence-electron chi connectivity index (χ2n) is 6.91. The van der Waals surface area contributed by atoms with Crippen molar-refractivity contribution in [2.75, 3.05) is 17.6 Å². The Bertz CT molecular complexity index is 908. The van der Waals surface area contributed by atoms with Crippen LogP contribution in [0.15, 0.2) is 27.4 Å². The molecule has 3 rings (SSSR count).